The maximum absolute atomic E-state index is 13.1. The van der Waals surface area contributed by atoms with Gasteiger partial charge in [-0.25, -0.2) is 9.36 Å². The third-order valence-corrected chi connectivity index (χ3v) is 5.16. The lowest BCUT2D eigenvalue weighted by atomic mass is 10.1. The first-order valence-corrected chi connectivity index (χ1v) is 9.88. The summed E-state index contributed by atoms with van der Waals surface area (Å²) in [6.07, 6.45) is 0. The minimum absolute atomic E-state index is 0.293. The minimum Gasteiger partial charge on any atom is -0.497 e. The maximum atomic E-state index is 13.1. The number of benzene rings is 3. The van der Waals surface area contributed by atoms with Gasteiger partial charge in [-0.2, -0.15) is 4.98 Å². The summed E-state index contributed by atoms with van der Waals surface area (Å²) in [6, 6.07) is 19.5. The van der Waals surface area contributed by atoms with Crippen molar-refractivity contribution in [2.45, 2.75) is 6.92 Å². The van der Waals surface area contributed by atoms with E-state index >= 15 is 0 Å². The van der Waals surface area contributed by atoms with Crippen molar-refractivity contribution in [3.8, 4) is 34.3 Å². The summed E-state index contributed by atoms with van der Waals surface area (Å²) in [7, 11) is 1.52. The third kappa shape index (κ3) is 3.37. The van der Waals surface area contributed by atoms with Crippen LogP contribution in [-0.4, -0.2) is 26.8 Å². The van der Waals surface area contributed by atoms with Gasteiger partial charge in [0.05, 0.1) is 23.7 Å². The summed E-state index contributed by atoms with van der Waals surface area (Å²) in [5, 5.41) is 4.41. The van der Waals surface area contributed by atoms with Crippen molar-refractivity contribution in [1.29, 1.82) is 0 Å². The van der Waals surface area contributed by atoms with Crippen molar-refractivity contribution in [2.24, 2.45) is 0 Å². The topological polar surface area (TPSA) is 103 Å². The van der Waals surface area contributed by atoms with E-state index in [9.17, 15) is 9.59 Å². The Hall–Kier alpha value is -4.46. The van der Waals surface area contributed by atoms with E-state index in [4.69, 9.17) is 9.26 Å². The number of nitrogens with one attached hydrogen (secondary N) is 1. The molecule has 3 aromatic carbocycles. The van der Waals surface area contributed by atoms with Gasteiger partial charge in [0.1, 0.15) is 5.75 Å². The van der Waals surface area contributed by atoms with E-state index < -0.39 is 11.2 Å². The Bertz CT molecular complexity index is 1580. The molecule has 0 bridgehead atoms. The zero-order chi connectivity index (χ0) is 22.2. The van der Waals surface area contributed by atoms with Crippen molar-refractivity contribution >= 4 is 10.9 Å². The summed E-state index contributed by atoms with van der Waals surface area (Å²) < 4.78 is 11.7. The van der Waals surface area contributed by atoms with E-state index in [0.29, 0.717) is 39.6 Å². The molecule has 8 nitrogen and oxygen atoms in total. The van der Waals surface area contributed by atoms with Crippen LogP contribution in [0.3, 0.4) is 0 Å². The van der Waals surface area contributed by atoms with Gasteiger partial charge < -0.3 is 14.2 Å². The first kappa shape index (κ1) is 19.5. The van der Waals surface area contributed by atoms with Crippen LogP contribution in [0.25, 0.3) is 39.4 Å². The second-order valence-corrected chi connectivity index (χ2v) is 7.33. The molecule has 0 amide bonds. The van der Waals surface area contributed by atoms with Gasteiger partial charge in [0.2, 0.25) is 5.82 Å². The van der Waals surface area contributed by atoms with Gasteiger partial charge in [-0.3, -0.25) is 4.79 Å². The number of aryl methyl sites for hydroxylation is 1. The Morgan fingerprint density at radius 1 is 0.969 bits per heavy atom. The Morgan fingerprint density at radius 3 is 2.62 bits per heavy atom. The molecule has 0 aliphatic carbocycles. The van der Waals surface area contributed by atoms with Crippen LogP contribution in [0.15, 0.2) is 80.8 Å². The van der Waals surface area contributed by atoms with Gasteiger partial charge in [0.15, 0.2) is 0 Å². The number of methoxy groups -OCH3 is 1. The summed E-state index contributed by atoms with van der Waals surface area (Å²) in [5.74, 6) is 1.30. The quantitative estimate of drug-likeness (QED) is 0.470. The number of aromatic amines is 1. The SMILES string of the molecule is COc1cccc(-n2c(=O)[nH]c3cc(-c4nc(-c5cccc(C)c5)no4)ccc3c2=O)c1. The molecule has 2 heterocycles. The molecule has 158 valence electrons. The van der Waals surface area contributed by atoms with Crippen LogP contribution in [0.2, 0.25) is 0 Å². The molecule has 1 N–H and O–H groups in total. The van der Waals surface area contributed by atoms with E-state index in [-0.39, 0.29) is 0 Å². The average Bonchev–Trinajstić information content (AvgIpc) is 3.29. The van der Waals surface area contributed by atoms with Crippen LogP contribution in [-0.2, 0) is 0 Å². The standard InChI is InChI=1S/C24H18N4O4/c1-14-5-3-6-15(11-14)21-26-22(32-27-21)16-9-10-19-20(12-16)25-24(30)28(23(19)29)17-7-4-8-18(13-17)31-2/h3-13H,1-2H3,(H,25,30). The van der Waals surface area contributed by atoms with Crippen LogP contribution < -0.4 is 16.0 Å². The molecule has 0 radical (unpaired) electrons. The maximum Gasteiger partial charge on any atom is 0.333 e. The van der Waals surface area contributed by atoms with Gasteiger partial charge in [0, 0.05) is 17.2 Å². The van der Waals surface area contributed by atoms with Crippen molar-refractivity contribution in [1.82, 2.24) is 19.7 Å². The fourth-order valence-corrected chi connectivity index (χ4v) is 3.58. The van der Waals surface area contributed by atoms with Crippen LogP contribution in [0.1, 0.15) is 5.56 Å². The second kappa shape index (κ2) is 7.66. The Balaban J connectivity index is 1.59. The number of fused-ring (bicyclic) bond motifs is 1. The zero-order valence-corrected chi connectivity index (χ0v) is 17.3. The van der Waals surface area contributed by atoms with E-state index in [0.717, 1.165) is 15.7 Å². The molecule has 0 saturated heterocycles. The first-order valence-electron chi connectivity index (χ1n) is 9.88. The van der Waals surface area contributed by atoms with Crippen molar-refractivity contribution in [3.63, 3.8) is 0 Å². The normalized spacial score (nSPS) is 11.1. The monoisotopic (exact) mass is 426 g/mol. The number of nitrogens with zero attached hydrogens (tertiary/aromatic N) is 3. The molecule has 0 spiro atoms. The zero-order valence-electron chi connectivity index (χ0n) is 17.3. The summed E-state index contributed by atoms with van der Waals surface area (Å²) in [6.45, 7) is 1.99. The smallest absolute Gasteiger partial charge is 0.333 e. The highest BCUT2D eigenvalue weighted by molar-refractivity contribution is 5.82. The Kier molecular flexibility index (Phi) is 4.67. The van der Waals surface area contributed by atoms with Gasteiger partial charge in [-0.15, -0.1) is 0 Å². The Labute approximate surface area is 181 Å². The van der Waals surface area contributed by atoms with E-state index in [2.05, 4.69) is 15.1 Å². The number of hydrogen-bond acceptors (Lipinski definition) is 6. The number of rotatable bonds is 4. The fraction of sp³-hybridized carbons (Fsp3) is 0.0833. The lowest BCUT2D eigenvalue weighted by molar-refractivity contribution is 0.414. The van der Waals surface area contributed by atoms with Crippen molar-refractivity contribution < 1.29 is 9.26 Å². The minimum atomic E-state index is -0.557. The van der Waals surface area contributed by atoms with Crippen LogP contribution in [0.4, 0.5) is 0 Å². The molecule has 0 aliphatic heterocycles. The average molecular weight is 426 g/mol. The number of aromatic nitrogens is 4. The number of hydrogen-bond donors (Lipinski definition) is 1. The van der Waals surface area contributed by atoms with Gasteiger partial charge in [0.25, 0.3) is 11.4 Å². The lowest BCUT2D eigenvalue weighted by Crippen LogP contribution is -2.33. The van der Waals surface area contributed by atoms with E-state index in [1.54, 1.807) is 42.5 Å². The highest BCUT2D eigenvalue weighted by Gasteiger charge is 2.14. The fourth-order valence-electron chi connectivity index (χ4n) is 3.58. The molecule has 2 aromatic heterocycles. The molecule has 32 heavy (non-hydrogen) atoms. The second-order valence-electron chi connectivity index (χ2n) is 7.33. The Morgan fingerprint density at radius 2 is 1.81 bits per heavy atom. The third-order valence-electron chi connectivity index (χ3n) is 5.16. The molecular weight excluding hydrogens is 408 g/mol. The summed E-state index contributed by atoms with van der Waals surface area (Å²) >= 11 is 0. The molecule has 0 aliphatic rings. The highest BCUT2D eigenvalue weighted by Crippen LogP contribution is 2.24. The molecule has 8 heteroatoms. The summed E-state index contributed by atoms with van der Waals surface area (Å²) in [4.78, 5) is 33.0. The largest absolute Gasteiger partial charge is 0.497 e. The van der Waals surface area contributed by atoms with Crippen molar-refractivity contribution in [3.05, 3.63) is 93.1 Å². The van der Waals surface area contributed by atoms with E-state index in [1.165, 1.54) is 7.11 Å². The lowest BCUT2D eigenvalue weighted by Gasteiger charge is -2.08. The van der Waals surface area contributed by atoms with Gasteiger partial charge in [-0.1, -0.05) is 35.0 Å². The molecule has 0 atom stereocenters. The van der Waals surface area contributed by atoms with Crippen molar-refractivity contribution in [2.75, 3.05) is 7.11 Å². The van der Waals surface area contributed by atoms with Gasteiger partial charge in [-0.05, 0) is 43.3 Å². The molecular formula is C24H18N4O4. The molecule has 5 rings (SSSR count). The van der Waals surface area contributed by atoms with E-state index in [1.807, 2.05) is 31.2 Å². The predicted octanol–water partition coefficient (Wildman–Crippen LogP) is 3.71. The number of H-pyrrole nitrogens is 1. The molecule has 5 aromatic rings. The molecule has 0 fully saturated rings. The van der Waals surface area contributed by atoms with Crippen LogP contribution in [0.5, 0.6) is 5.75 Å². The predicted molar refractivity (Wildman–Crippen MR) is 120 cm³/mol. The number of ether oxygens (including phenoxy) is 1. The van der Waals surface area contributed by atoms with Gasteiger partial charge >= 0.3 is 5.69 Å². The van der Waals surface area contributed by atoms with Crippen LogP contribution >= 0.6 is 0 Å². The van der Waals surface area contributed by atoms with Crippen LogP contribution in [0, 0.1) is 6.92 Å². The first-order chi connectivity index (χ1) is 15.5. The molecule has 0 saturated carbocycles. The highest BCUT2D eigenvalue weighted by atomic mass is 16.5. The summed E-state index contributed by atoms with van der Waals surface area (Å²) in [5.41, 5.74) is 2.33. The molecule has 0 unspecified atom stereocenters.